The molecule has 1 aliphatic heterocycles. The van der Waals surface area contributed by atoms with Crippen molar-refractivity contribution < 1.29 is 48.6 Å². The van der Waals surface area contributed by atoms with Crippen molar-refractivity contribution in [2.45, 2.75) is 154 Å². The lowest BCUT2D eigenvalue weighted by atomic mass is 9.98. The number of carboxylic acid groups (broad SMARTS) is 1. The Labute approximate surface area is 427 Å². The van der Waals surface area contributed by atoms with Crippen molar-refractivity contribution in [3.05, 3.63) is 83.9 Å². The number of hydrogen-bond acceptors (Lipinski definition) is 12. The standard InChI is InChI=1S/C52H77N11O10/c1-30(2)23-38(58-48(68)40(27-35-28-55-29-56-35)59-47(67)39(25-34-17-19-36(64)20-18-34)57-45(65)37(54)15-10-11-21-53)46(66)60-41(24-31(3)4)51(71)63-22-12-16-43(63)49(69)62-44(32(5)6)50(70)61-42(52(72)73)26-33-13-8-7-9-14-33/h7-9,13-14,17-20,28-32,37-44,64H,10-12,15-16,21-27,53-54H2,1-6H3,(H,55,56)(H,57,65)(H,58,68)(H,59,67)(H,60,66)(H,61,70)(H,62,69)(H,72,73)/t37-,38-,39-,40-,41-,42-,43-,44-/m0/s1. The van der Waals surface area contributed by atoms with Crippen LogP contribution in [0.1, 0.15) is 103 Å². The predicted octanol–water partition coefficient (Wildman–Crippen LogP) is 1.33. The van der Waals surface area contributed by atoms with E-state index in [4.69, 9.17) is 11.5 Å². The molecule has 400 valence electrons. The number of amides is 7. The molecule has 1 aromatic heterocycles. The van der Waals surface area contributed by atoms with Gasteiger partial charge in [0.15, 0.2) is 0 Å². The topological polar surface area (TPSA) is 333 Å². The van der Waals surface area contributed by atoms with Crippen molar-refractivity contribution in [1.82, 2.24) is 46.8 Å². The number of benzene rings is 2. The fraction of sp³-hybridized carbons (Fsp3) is 0.558. The quantitative estimate of drug-likeness (QED) is 0.0438. The number of aromatic nitrogens is 2. The number of aromatic amines is 1. The van der Waals surface area contributed by atoms with Gasteiger partial charge in [0.1, 0.15) is 48.0 Å². The third-order valence-electron chi connectivity index (χ3n) is 12.6. The van der Waals surface area contributed by atoms with Crippen molar-refractivity contribution in [1.29, 1.82) is 0 Å². The zero-order chi connectivity index (χ0) is 53.8. The Balaban J connectivity index is 1.53. The van der Waals surface area contributed by atoms with Crippen LogP contribution in [0.15, 0.2) is 67.1 Å². The number of hydrogen-bond donors (Lipinski definition) is 11. The number of aromatic hydroxyl groups is 1. The monoisotopic (exact) mass is 1020 g/mol. The Bertz CT molecular complexity index is 2280. The van der Waals surface area contributed by atoms with Crippen LogP contribution in [0.25, 0.3) is 0 Å². The van der Waals surface area contributed by atoms with Gasteiger partial charge in [-0.25, -0.2) is 9.78 Å². The molecule has 4 rings (SSSR count). The van der Waals surface area contributed by atoms with E-state index < -0.39 is 102 Å². The van der Waals surface area contributed by atoms with Gasteiger partial charge in [-0.1, -0.05) is 90.4 Å². The molecule has 0 unspecified atom stereocenters. The third kappa shape index (κ3) is 18.9. The summed E-state index contributed by atoms with van der Waals surface area (Å²) in [6.45, 7) is 11.5. The van der Waals surface area contributed by atoms with E-state index in [0.29, 0.717) is 49.0 Å². The van der Waals surface area contributed by atoms with Crippen LogP contribution < -0.4 is 43.4 Å². The molecule has 13 N–H and O–H groups in total. The highest BCUT2D eigenvalue weighted by Gasteiger charge is 2.41. The minimum Gasteiger partial charge on any atom is -0.508 e. The number of phenolic OH excluding ortho intramolecular Hbond substituents is 1. The molecule has 1 aliphatic rings. The van der Waals surface area contributed by atoms with Gasteiger partial charge >= 0.3 is 5.97 Å². The summed E-state index contributed by atoms with van der Waals surface area (Å²) in [6.07, 6.45) is 5.41. The summed E-state index contributed by atoms with van der Waals surface area (Å²) in [5.74, 6) is -6.48. The first kappa shape index (κ1) is 58.7. The van der Waals surface area contributed by atoms with E-state index in [-0.39, 0.29) is 62.7 Å². The maximum atomic E-state index is 14.5. The van der Waals surface area contributed by atoms with E-state index in [1.807, 2.05) is 27.7 Å². The molecule has 0 bridgehead atoms. The molecule has 3 aromatic rings. The number of likely N-dealkylation sites (tertiary alicyclic amines) is 1. The fourth-order valence-corrected chi connectivity index (χ4v) is 8.63. The first-order valence-corrected chi connectivity index (χ1v) is 25.3. The van der Waals surface area contributed by atoms with Crippen molar-refractivity contribution in [3.63, 3.8) is 0 Å². The van der Waals surface area contributed by atoms with E-state index in [1.54, 1.807) is 56.3 Å². The number of nitrogens with one attached hydrogen (secondary N) is 7. The molecule has 7 amide bonds. The van der Waals surface area contributed by atoms with Gasteiger partial charge in [0.05, 0.1) is 12.4 Å². The number of nitrogens with two attached hydrogens (primary N) is 2. The normalized spacial score (nSPS) is 16.4. The summed E-state index contributed by atoms with van der Waals surface area (Å²) >= 11 is 0. The summed E-state index contributed by atoms with van der Waals surface area (Å²) in [4.78, 5) is 119. The first-order chi connectivity index (χ1) is 34.7. The number of phenols is 1. The molecule has 0 spiro atoms. The molecule has 1 saturated heterocycles. The summed E-state index contributed by atoms with van der Waals surface area (Å²) < 4.78 is 0. The van der Waals surface area contributed by atoms with Gasteiger partial charge in [0, 0.05) is 37.7 Å². The highest BCUT2D eigenvalue weighted by atomic mass is 16.4. The second kappa shape index (κ2) is 29.0. The molecule has 2 aromatic carbocycles. The number of H-pyrrole nitrogens is 1. The second-order valence-corrected chi connectivity index (χ2v) is 20.1. The Morgan fingerprint density at radius 3 is 1.82 bits per heavy atom. The maximum absolute atomic E-state index is 14.5. The van der Waals surface area contributed by atoms with Crippen LogP contribution in [-0.2, 0) is 57.6 Å². The van der Waals surface area contributed by atoms with Gasteiger partial charge in [0.25, 0.3) is 0 Å². The molecule has 2 heterocycles. The summed E-state index contributed by atoms with van der Waals surface area (Å²) in [5.41, 5.74) is 13.6. The average molecular weight is 1020 g/mol. The van der Waals surface area contributed by atoms with Crippen molar-refractivity contribution in [3.8, 4) is 5.75 Å². The number of carbonyl (C=O) groups excluding carboxylic acids is 7. The lowest BCUT2D eigenvalue weighted by Crippen LogP contribution is -2.61. The van der Waals surface area contributed by atoms with Crippen molar-refractivity contribution >= 4 is 47.3 Å². The van der Waals surface area contributed by atoms with Crippen LogP contribution in [0.5, 0.6) is 5.75 Å². The highest BCUT2D eigenvalue weighted by molar-refractivity contribution is 5.98. The molecule has 0 radical (unpaired) electrons. The number of carboxylic acids is 1. The van der Waals surface area contributed by atoms with Gasteiger partial charge in [-0.15, -0.1) is 0 Å². The van der Waals surface area contributed by atoms with Gasteiger partial charge in [0.2, 0.25) is 41.4 Å². The SMILES string of the molecule is CC(C)C[C@H](NC(=O)[C@H](Cc1cnc[nH]1)NC(=O)[C@H](Cc1ccc(O)cc1)NC(=O)[C@@H](N)CCCCN)C(=O)N[C@@H](CC(C)C)C(=O)N1CCC[C@H]1C(=O)N[C@H](C(=O)N[C@@H](Cc1ccccc1)C(=O)O)C(C)C. The van der Waals surface area contributed by atoms with Gasteiger partial charge in [-0.05, 0) is 86.1 Å². The van der Waals surface area contributed by atoms with Crippen LogP contribution in [-0.4, -0.2) is 134 Å². The van der Waals surface area contributed by atoms with Crippen LogP contribution in [0.4, 0.5) is 0 Å². The summed E-state index contributed by atoms with van der Waals surface area (Å²) in [7, 11) is 0. The Hall–Kier alpha value is -6.87. The third-order valence-corrected chi connectivity index (χ3v) is 12.6. The summed E-state index contributed by atoms with van der Waals surface area (Å²) in [5, 5.41) is 36.3. The van der Waals surface area contributed by atoms with Gasteiger partial charge in [-0.3, -0.25) is 33.6 Å². The van der Waals surface area contributed by atoms with E-state index in [1.165, 1.54) is 29.6 Å². The lowest BCUT2D eigenvalue weighted by molar-refractivity contribution is -0.144. The number of imidazole rings is 1. The first-order valence-electron chi connectivity index (χ1n) is 25.3. The zero-order valence-corrected chi connectivity index (χ0v) is 42.9. The molecule has 8 atom stereocenters. The van der Waals surface area contributed by atoms with E-state index >= 15 is 0 Å². The van der Waals surface area contributed by atoms with Crippen LogP contribution >= 0.6 is 0 Å². The summed E-state index contributed by atoms with van der Waals surface area (Å²) in [6, 6.07) is 5.72. The minimum absolute atomic E-state index is 0.00239. The molecular formula is C52H77N11O10. The van der Waals surface area contributed by atoms with Crippen molar-refractivity contribution in [2.24, 2.45) is 29.2 Å². The molecule has 0 saturated carbocycles. The predicted molar refractivity (Wildman–Crippen MR) is 273 cm³/mol. The molecule has 0 aliphatic carbocycles. The van der Waals surface area contributed by atoms with Crippen LogP contribution in [0.2, 0.25) is 0 Å². The largest absolute Gasteiger partial charge is 0.508 e. The second-order valence-electron chi connectivity index (χ2n) is 20.1. The molecule has 73 heavy (non-hydrogen) atoms. The number of nitrogens with zero attached hydrogens (tertiary/aromatic N) is 2. The number of rotatable bonds is 29. The molecule has 1 fully saturated rings. The molecule has 21 nitrogen and oxygen atoms in total. The van der Waals surface area contributed by atoms with Gasteiger partial charge in [-0.2, -0.15) is 0 Å². The Kier molecular flexibility index (Phi) is 23.3. The number of carbonyl (C=O) groups is 8. The maximum Gasteiger partial charge on any atom is 0.326 e. The fourth-order valence-electron chi connectivity index (χ4n) is 8.63. The smallest absolute Gasteiger partial charge is 0.326 e. The average Bonchev–Trinajstić information content (AvgIpc) is 4.06. The van der Waals surface area contributed by atoms with Crippen LogP contribution in [0.3, 0.4) is 0 Å². The van der Waals surface area contributed by atoms with Crippen molar-refractivity contribution in [2.75, 3.05) is 13.1 Å². The highest BCUT2D eigenvalue weighted by Crippen LogP contribution is 2.22. The lowest BCUT2D eigenvalue weighted by Gasteiger charge is -2.32. The Morgan fingerprint density at radius 1 is 0.685 bits per heavy atom. The molecular weight excluding hydrogens is 939 g/mol. The Morgan fingerprint density at radius 2 is 1.23 bits per heavy atom. The zero-order valence-electron chi connectivity index (χ0n) is 42.9. The van der Waals surface area contributed by atoms with Crippen LogP contribution in [0, 0.1) is 17.8 Å². The molecule has 21 heteroatoms. The van der Waals surface area contributed by atoms with E-state index in [2.05, 4.69) is 41.9 Å². The number of unbranched alkanes of at least 4 members (excludes halogenated alkanes) is 1. The van der Waals surface area contributed by atoms with E-state index in [0.717, 1.165) is 0 Å². The van der Waals surface area contributed by atoms with E-state index in [9.17, 15) is 48.6 Å². The minimum atomic E-state index is -1.31. The number of aliphatic carboxylic acids is 1. The van der Waals surface area contributed by atoms with Gasteiger partial charge < -0.3 is 63.5 Å².